The van der Waals surface area contributed by atoms with Gasteiger partial charge in [-0.3, -0.25) is 0 Å². The van der Waals surface area contributed by atoms with Crippen LogP contribution in [0.1, 0.15) is 6.42 Å². The van der Waals surface area contributed by atoms with Crippen LogP contribution < -0.4 is 5.32 Å². The summed E-state index contributed by atoms with van der Waals surface area (Å²) >= 11 is 0. The summed E-state index contributed by atoms with van der Waals surface area (Å²) in [4.78, 5) is -0.0262. The number of nitrogens with zero attached hydrogens (tertiary/aromatic N) is 1. The van der Waals surface area contributed by atoms with Crippen LogP contribution >= 0.6 is 0 Å². The number of fused-ring (bicyclic) bond motifs is 1. The van der Waals surface area contributed by atoms with Crippen LogP contribution in [0.2, 0.25) is 0 Å². The van der Waals surface area contributed by atoms with Gasteiger partial charge < -0.3 is 5.32 Å². The summed E-state index contributed by atoms with van der Waals surface area (Å²) in [6.45, 7) is 0. The van der Waals surface area contributed by atoms with Crippen molar-refractivity contribution in [2.24, 2.45) is 0 Å². The van der Waals surface area contributed by atoms with Crippen LogP contribution in [0.15, 0.2) is 23.1 Å². The summed E-state index contributed by atoms with van der Waals surface area (Å²) < 4.78 is 36.5. The first-order valence-corrected chi connectivity index (χ1v) is 6.34. The van der Waals surface area contributed by atoms with E-state index in [0.29, 0.717) is 5.69 Å². The molecular formula is C10H9FN2O2S. The molecule has 0 saturated carbocycles. The summed E-state index contributed by atoms with van der Waals surface area (Å²) in [7, 11) is -3.49. The molecule has 0 saturated heterocycles. The highest BCUT2D eigenvalue weighted by molar-refractivity contribution is 7.91. The fourth-order valence-corrected chi connectivity index (χ4v) is 3.37. The molecule has 1 N–H and O–H groups in total. The van der Waals surface area contributed by atoms with Gasteiger partial charge in [0.2, 0.25) is 0 Å². The molecule has 1 atom stereocenters. The first-order valence-electron chi connectivity index (χ1n) is 4.69. The Morgan fingerprint density at radius 3 is 3.00 bits per heavy atom. The summed E-state index contributed by atoms with van der Waals surface area (Å²) in [5.74, 6) is -0.750. The second-order valence-electron chi connectivity index (χ2n) is 3.63. The van der Waals surface area contributed by atoms with E-state index < -0.39 is 21.7 Å². The predicted molar refractivity (Wildman–Crippen MR) is 56.1 cm³/mol. The number of halogens is 1. The first-order chi connectivity index (χ1) is 7.53. The fourth-order valence-electron chi connectivity index (χ4n) is 1.71. The van der Waals surface area contributed by atoms with E-state index in [-0.39, 0.29) is 17.1 Å². The number of sulfone groups is 1. The molecular weight excluding hydrogens is 231 g/mol. The molecule has 0 spiro atoms. The number of nitrogens with one attached hydrogen (secondary N) is 1. The second kappa shape index (κ2) is 3.76. The Bertz CT molecular complexity index is 563. The zero-order valence-corrected chi connectivity index (χ0v) is 9.09. The SMILES string of the molecule is N#CCC1CS(=O)(=O)c2cc(F)ccc2N1. The maximum absolute atomic E-state index is 12.9. The lowest BCUT2D eigenvalue weighted by Crippen LogP contribution is -2.33. The molecule has 84 valence electrons. The third-order valence-electron chi connectivity index (χ3n) is 2.40. The largest absolute Gasteiger partial charge is 0.379 e. The quantitative estimate of drug-likeness (QED) is 0.803. The van der Waals surface area contributed by atoms with Crippen LogP contribution in [0, 0.1) is 17.1 Å². The molecule has 1 heterocycles. The lowest BCUT2D eigenvalue weighted by molar-refractivity contribution is 0.581. The molecule has 1 aliphatic heterocycles. The van der Waals surface area contributed by atoms with E-state index in [9.17, 15) is 12.8 Å². The average Bonchev–Trinajstić information content (AvgIpc) is 2.19. The molecule has 1 aromatic carbocycles. The zero-order valence-electron chi connectivity index (χ0n) is 8.27. The highest BCUT2D eigenvalue weighted by atomic mass is 32.2. The van der Waals surface area contributed by atoms with Gasteiger partial charge in [0.05, 0.1) is 34.9 Å². The van der Waals surface area contributed by atoms with Crippen molar-refractivity contribution in [2.45, 2.75) is 17.4 Å². The molecule has 0 aromatic heterocycles. The van der Waals surface area contributed by atoms with E-state index in [1.807, 2.05) is 6.07 Å². The van der Waals surface area contributed by atoms with Gasteiger partial charge in [0.1, 0.15) is 5.82 Å². The van der Waals surface area contributed by atoms with Crippen LogP contribution in [0.5, 0.6) is 0 Å². The van der Waals surface area contributed by atoms with E-state index in [0.717, 1.165) is 6.07 Å². The minimum Gasteiger partial charge on any atom is -0.379 e. The summed E-state index contributed by atoms with van der Waals surface area (Å²) in [6.07, 6.45) is 0.107. The minimum absolute atomic E-state index is 0.0262. The molecule has 0 fully saturated rings. The van der Waals surface area contributed by atoms with E-state index in [1.165, 1.54) is 12.1 Å². The zero-order chi connectivity index (χ0) is 11.8. The monoisotopic (exact) mass is 240 g/mol. The van der Waals surface area contributed by atoms with E-state index in [4.69, 9.17) is 5.26 Å². The highest BCUT2D eigenvalue weighted by Gasteiger charge is 2.30. The number of hydrogen-bond acceptors (Lipinski definition) is 4. The Labute approximate surface area is 92.6 Å². The molecule has 0 aliphatic carbocycles. The second-order valence-corrected chi connectivity index (χ2v) is 5.63. The van der Waals surface area contributed by atoms with E-state index in [2.05, 4.69) is 5.32 Å². The Hall–Kier alpha value is -1.61. The number of nitriles is 1. The van der Waals surface area contributed by atoms with Crippen LogP contribution in [0.25, 0.3) is 0 Å². The third-order valence-corrected chi connectivity index (χ3v) is 4.25. The highest BCUT2D eigenvalue weighted by Crippen LogP contribution is 2.29. The van der Waals surface area contributed by atoms with Gasteiger partial charge in [0.15, 0.2) is 9.84 Å². The van der Waals surface area contributed by atoms with Gasteiger partial charge in [-0.1, -0.05) is 0 Å². The van der Waals surface area contributed by atoms with Crippen molar-refractivity contribution in [3.8, 4) is 6.07 Å². The van der Waals surface area contributed by atoms with Crippen molar-refractivity contribution < 1.29 is 12.8 Å². The van der Waals surface area contributed by atoms with Gasteiger partial charge in [0, 0.05) is 0 Å². The van der Waals surface area contributed by atoms with Gasteiger partial charge in [-0.2, -0.15) is 5.26 Å². The van der Waals surface area contributed by atoms with Crippen LogP contribution in [0.4, 0.5) is 10.1 Å². The number of benzene rings is 1. The van der Waals surface area contributed by atoms with Crippen LogP contribution in [-0.2, 0) is 9.84 Å². The fraction of sp³-hybridized carbons (Fsp3) is 0.300. The number of rotatable bonds is 1. The van der Waals surface area contributed by atoms with Crippen molar-refractivity contribution in [2.75, 3.05) is 11.1 Å². The van der Waals surface area contributed by atoms with Gasteiger partial charge in [0.25, 0.3) is 0 Å². The minimum atomic E-state index is -3.49. The molecule has 1 aliphatic rings. The maximum Gasteiger partial charge on any atom is 0.182 e. The first kappa shape index (κ1) is 10.9. The lowest BCUT2D eigenvalue weighted by atomic mass is 10.2. The van der Waals surface area contributed by atoms with Gasteiger partial charge in [-0.15, -0.1) is 0 Å². The van der Waals surface area contributed by atoms with Crippen LogP contribution in [0.3, 0.4) is 0 Å². The standard InChI is InChI=1S/C10H9FN2O2S/c11-7-1-2-9-10(5-7)16(14,15)6-8(13-9)3-4-12/h1-2,5,8,13H,3,6H2. The molecule has 0 amide bonds. The van der Waals surface area contributed by atoms with Gasteiger partial charge in [-0.05, 0) is 18.2 Å². The Kier molecular flexibility index (Phi) is 2.56. The van der Waals surface area contributed by atoms with Crippen LogP contribution in [-0.4, -0.2) is 20.2 Å². The Morgan fingerprint density at radius 2 is 2.31 bits per heavy atom. The summed E-state index contributed by atoms with van der Waals surface area (Å²) in [5.41, 5.74) is 0.368. The summed E-state index contributed by atoms with van der Waals surface area (Å²) in [6, 6.07) is 5.06. The average molecular weight is 240 g/mol. The van der Waals surface area contributed by atoms with Crippen molar-refractivity contribution in [3.05, 3.63) is 24.0 Å². The normalized spacial score (nSPS) is 21.6. The molecule has 2 rings (SSSR count). The molecule has 0 bridgehead atoms. The molecule has 1 aromatic rings. The Morgan fingerprint density at radius 1 is 1.56 bits per heavy atom. The van der Waals surface area contributed by atoms with Crippen molar-refractivity contribution in [1.82, 2.24) is 0 Å². The lowest BCUT2D eigenvalue weighted by Gasteiger charge is -2.25. The van der Waals surface area contributed by atoms with Crippen molar-refractivity contribution >= 4 is 15.5 Å². The topological polar surface area (TPSA) is 70.0 Å². The van der Waals surface area contributed by atoms with Crippen molar-refractivity contribution in [3.63, 3.8) is 0 Å². The molecule has 6 heteroatoms. The van der Waals surface area contributed by atoms with Gasteiger partial charge in [-0.25, -0.2) is 12.8 Å². The van der Waals surface area contributed by atoms with E-state index in [1.54, 1.807) is 0 Å². The predicted octanol–water partition coefficient (Wildman–Crippen LogP) is 1.31. The Balaban J connectivity index is 2.48. The van der Waals surface area contributed by atoms with Gasteiger partial charge >= 0.3 is 0 Å². The molecule has 16 heavy (non-hydrogen) atoms. The summed E-state index contributed by atoms with van der Waals surface area (Å²) in [5, 5.41) is 11.4. The molecule has 1 unspecified atom stereocenters. The smallest absolute Gasteiger partial charge is 0.182 e. The van der Waals surface area contributed by atoms with Crippen molar-refractivity contribution in [1.29, 1.82) is 5.26 Å². The number of hydrogen-bond donors (Lipinski definition) is 1. The third kappa shape index (κ3) is 1.86. The number of anilines is 1. The van der Waals surface area contributed by atoms with E-state index >= 15 is 0 Å². The molecule has 4 nitrogen and oxygen atoms in total. The molecule has 0 radical (unpaired) electrons. The maximum atomic E-state index is 12.9.